The van der Waals surface area contributed by atoms with E-state index in [4.69, 9.17) is 4.74 Å². The molecule has 3 N–H and O–H groups in total. The summed E-state index contributed by atoms with van der Waals surface area (Å²) in [4.78, 5) is 18.1. The van der Waals surface area contributed by atoms with E-state index in [0.717, 1.165) is 54.7 Å². The maximum atomic E-state index is 13.7. The van der Waals surface area contributed by atoms with Crippen LogP contribution in [0.1, 0.15) is 21.5 Å². The largest absolute Gasteiger partial charge is 0.377 e. The number of piperazine rings is 1. The third-order valence-electron chi connectivity index (χ3n) is 7.30. The summed E-state index contributed by atoms with van der Waals surface area (Å²) in [6.07, 6.45) is 0.342. The molecule has 3 aromatic carbocycles. The van der Waals surface area contributed by atoms with Gasteiger partial charge in [-0.15, -0.1) is 0 Å². The zero-order valence-corrected chi connectivity index (χ0v) is 21.6. The van der Waals surface area contributed by atoms with Gasteiger partial charge in [-0.25, -0.2) is 8.78 Å². The Hall–Kier alpha value is -4.02. The fraction of sp³-hybridized carbons (Fsp3) is 0.310. The summed E-state index contributed by atoms with van der Waals surface area (Å²) in [5.74, 6) is -1.12. The number of halogens is 2. The molecule has 2 fully saturated rings. The van der Waals surface area contributed by atoms with Gasteiger partial charge in [0, 0.05) is 49.0 Å². The third kappa shape index (κ3) is 5.57. The highest BCUT2D eigenvalue weighted by Gasteiger charge is 2.23. The highest BCUT2D eigenvalue weighted by molar-refractivity contribution is 6.11. The number of aromatic amines is 1. The van der Waals surface area contributed by atoms with Crippen LogP contribution < -0.4 is 15.5 Å². The lowest BCUT2D eigenvalue weighted by atomic mass is 10.0. The van der Waals surface area contributed by atoms with E-state index in [1.165, 1.54) is 12.1 Å². The molecule has 0 unspecified atom stereocenters. The van der Waals surface area contributed by atoms with Crippen LogP contribution in [0.15, 0.2) is 54.6 Å². The van der Waals surface area contributed by atoms with Gasteiger partial charge >= 0.3 is 0 Å². The maximum absolute atomic E-state index is 13.7. The average molecular weight is 533 g/mol. The Morgan fingerprint density at radius 3 is 2.49 bits per heavy atom. The molecule has 2 aliphatic rings. The second-order valence-electron chi connectivity index (χ2n) is 10.3. The predicted molar refractivity (Wildman–Crippen MR) is 148 cm³/mol. The summed E-state index contributed by atoms with van der Waals surface area (Å²) in [6, 6.07) is 15.1. The van der Waals surface area contributed by atoms with Crippen LogP contribution in [-0.2, 0) is 11.2 Å². The molecule has 39 heavy (non-hydrogen) atoms. The monoisotopic (exact) mass is 532 g/mol. The van der Waals surface area contributed by atoms with Gasteiger partial charge in [0.15, 0.2) is 5.82 Å². The maximum Gasteiger partial charge on any atom is 0.258 e. The zero-order valence-electron chi connectivity index (χ0n) is 21.6. The Bertz CT molecular complexity index is 1490. The van der Waals surface area contributed by atoms with Gasteiger partial charge in [-0.05, 0) is 67.1 Å². The van der Waals surface area contributed by atoms with Crippen LogP contribution in [0, 0.1) is 11.6 Å². The summed E-state index contributed by atoms with van der Waals surface area (Å²) in [5.41, 5.74) is 4.46. The van der Waals surface area contributed by atoms with Crippen molar-refractivity contribution in [3.63, 3.8) is 0 Å². The van der Waals surface area contributed by atoms with E-state index in [1.54, 1.807) is 0 Å². The molecule has 0 bridgehead atoms. The molecule has 2 saturated heterocycles. The van der Waals surface area contributed by atoms with Gasteiger partial charge in [-0.1, -0.05) is 6.07 Å². The number of fused-ring (bicyclic) bond motifs is 1. The molecule has 2 aliphatic heterocycles. The molecule has 0 radical (unpaired) electrons. The van der Waals surface area contributed by atoms with E-state index in [1.807, 2.05) is 36.4 Å². The number of benzene rings is 3. The quantitative estimate of drug-likeness (QED) is 0.330. The number of aromatic nitrogens is 2. The fourth-order valence-electron chi connectivity index (χ4n) is 5.04. The van der Waals surface area contributed by atoms with Crippen LogP contribution in [0.3, 0.4) is 0 Å². The molecule has 10 heteroatoms. The van der Waals surface area contributed by atoms with E-state index < -0.39 is 11.6 Å². The highest BCUT2D eigenvalue weighted by Crippen LogP contribution is 2.29. The lowest BCUT2D eigenvalue weighted by Crippen LogP contribution is -2.44. The lowest BCUT2D eigenvalue weighted by Gasteiger charge is -2.35. The number of rotatable bonds is 7. The number of amides is 1. The molecule has 1 amide bonds. The van der Waals surface area contributed by atoms with Crippen molar-refractivity contribution in [1.29, 1.82) is 0 Å². The number of H-pyrrole nitrogens is 1. The van der Waals surface area contributed by atoms with Crippen LogP contribution >= 0.6 is 0 Å². The average Bonchev–Trinajstić information content (AvgIpc) is 3.27. The molecular weight excluding hydrogens is 502 g/mol. The first-order valence-corrected chi connectivity index (χ1v) is 13.1. The summed E-state index contributed by atoms with van der Waals surface area (Å²) in [6.45, 7) is 5.03. The minimum atomic E-state index is -0.612. The molecule has 202 valence electrons. The van der Waals surface area contributed by atoms with Crippen molar-refractivity contribution in [2.75, 3.05) is 62.0 Å². The number of hydrogen-bond donors (Lipinski definition) is 3. The first-order valence-electron chi connectivity index (χ1n) is 13.1. The smallest absolute Gasteiger partial charge is 0.258 e. The van der Waals surface area contributed by atoms with E-state index in [9.17, 15) is 13.6 Å². The summed E-state index contributed by atoms with van der Waals surface area (Å²) >= 11 is 0. The Balaban J connectivity index is 1.25. The van der Waals surface area contributed by atoms with Crippen molar-refractivity contribution in [3.05, 3.63) is 82.9 Å². The van der Waals surface area contributed by atoms with E-state index in [-0.39, 0.29) is 11.9 Å². The van der Waals surface area contributed by atoms with Crippen molar-refractivity contribution >= 4 is 34.0 Å². The molecule has 0 aliphatic carbocycles. The van der Waals surface area contributed by atoms with Crippen LogP contribution in [0.5, 0.6) is 0 Å². The normalized spacial score (nSPS) is 16.3. The second kappa shape index (κ2) is 10.6. The minimum absolute atomic E-state index is 0.153. The van der Waals surface area contributed by atoms with Crippen molar-refractivity contribution in [2.24, 2.45) is 0 Å². The number of carbonyl (C=O) groups is 1. The highest BCUT2D eigenvalue weighted by atomic mass is 19.1. The Labute approximate surface area is 224 Å². The summed E-state index contributed by atoms with van der Waals surface area (Å²) < 4.78 is 32.7. The number of ether oxygens (including phenoxy) is 1. The number of carbonyl (C=O) groups excluding carboxylic acids is 1. The van der Waals surface area contributed by atoms with Crippen LogP contribution in [0.2, 0.25) is 0 Å². The number of likely N-dealkylation sites (N-methyl/N-ethyl adjacent to an activating group) is 1. The fourth-order valence-corrected chi connectivity index (χ4v) is 5.04. The van der Waals surface area contributed by atoms with Gasteiger partial charge in [0.2, 0.25) is 0 Å². The van der Waals surface area contributed by atoms with Crippen molar-refractivity contribution in [3.8, 4) is 0 Å². The summed E-state index contributed by atoms with van der Waals surface area (Å²) in [7, 11) is 2.12. The van der Waals surface area contributed by atoms with Crippen molar-refractivity contribution < 1.29 is 18.3 Å². The van der Waals surface area contributed by atoms with E-state index >= 15 is 0 Å². The Morgan fingerprint density at radius 2 is 1.77 bits per heavy atom. The summed E-state index contributed by atoms with van der Waals surface area (Å²) in [5, 5.41) is 14.4. The molecule has 8 nitrogen and oxygen atoms in total. The minimum Gasteiger partial charge on any atom is -0.377 e. The van der Waals surface area contributed by atoms with Crippen molar-refractivity contribution in [2.45, 2.75) is 12.5 Å². The van der Waals surface area contributed by atoms with Gasteiger partial charge in [0.1, 0.15) is 11.6 Å². The number of nitrogens with one attached hydrogen (secondary N) is 3. The number of hydrogen-bond acceptors (Lipinski definition) is 6. The number of anilines is 3. The predicted octanol–water partition coefficient (Wildman–Crippen LogP) is 4.25. The van der Waals surface area contributed by atoms with Crippen LogP contribution in [0.25, 0.3) is 10.9 Å². The molecule has 1 aromatic heterocycles. The van der Waals surface area contributed by atoms with Gasteiger partial charge in [0.05, 0.1) is 30.3 Å². The molecule has 6 rings (SSSR count). The standard InChI is InChI=1S/C29H30F2N6O2/c1-36-6-8-37(9-7-36)23-3-4-24(27(15-23)32-22-16-39-17-22)29(38)33-28-25-13-18(2-5-26(25)34-35-28)10-19-11-20(30)14-21(31)12-19/h2-5,11-15,22,32H,6-10,16-17H2,1H3,(H2,33,34,35,38). The first kappa shape index (κ1) is 25.3. The Morgan fingerprint density at radius 1 is 1.00 bits per heavy atom. The molecule has 4 aromatic rings. The number of nitrogens with zero attached hydrogens (tertiary/aromatic N) is 3. The molecular formula is C29H30F2N6O2. The van der Waals surface area contributed by atoms with E-state index in [0.29, 0.717) is 42.0 Å². The van der Waals surface area contributed by atoms with E-state index in [2.05, 4.69) is 37.7 Å². The van der Waals surface area contributed by atoms with Gasteiger partial charge in [0.25, 0.3) is 5.91 Å². The molecule has 0 spiro atoms. The topological polar surface area (TPSA) is 85.5 Å². The molecule has 3 heterocycles. The first-order chi connectivity index (χ1) is 18.9. The molecule has 0 saturated carbocycles. The lowest BCUT2D eigenvalue weighted by molar-refractivity contribution is 0.0211. The SMILES string of the molecule is CN1CCN(c2ccc(C(=O)Nc3n[nH]c4ccc(Cc5cc(F)cc(F)c5)cc34)c(NC3COC3)c2)CC1. The van der Waals surface area contributed by atoms with Crippen LogP contribution in [-0.4, -0.2) is 73.5 Å². The Kier molecular flexibility index (Phi) is 6.88. The van der Waals surface area contributed by atoms with Gasteiger partial charge in [-0.3, -0.25) is 9.89 Å². The second-order valence-corrected chi connectivity index (χ2v) is 10.3. The van der Waals surface area contributed by atoms with Crippen molar-refractivity contribution in [1.82, 2.24) is 15.1 Å². The van der Waals surface area contributed by atoms with Crippen LogP contribution in [0.4, 0.5) is 26.0 Å². The van der Waals surface area contributed by atoms with Gasteiger partial charge < -0.3 is 25.2 Å². The third-order valence-corrected chi connectivity index (χ3v) is 7.30. The van der Waals surface area contributed by atoms with Gasteiger partial charge in [-0.2, -0.15) is 5.10 Å². The zero-order chi connectivity index (χ0) is 26.9. The molecule has 0 atom stereocenters.